The van der Waals surface area contributed by atoms with Crippen molar-refractivity contribution in [2.45, 2.75) is 34.1 Å². The van der Waals surface area contributed by atoms with E-state index >= 15 is 0 Å². The van der Waals surface area contributed by atoms with Crippen LogP contribution in [-0.4, -0.2) is 12.6 Å². The van der Waals surface area contributed by atoms with Gasteiger partial charge in [0.25, 0.3) is 0 Å². The van der Waals surface area contributed by atoms with Crippen molar-refractivity contribution < 1.29 is 9.53 Å². The maximum absolute atomic E-state index is 11.7. The molecular weight excluding hydrogens is 200 g/mol. The molecule has 2 heteroatoms. The van der Waals surface area contributed by atoms with E-state index in [1.807, 2.05) is 26.0 Å². The molecule has 16 heavy (non-hydrogen) atoms. The van der Waals surface area contributed by atoms with Crippen molar-refractivity contribution >= 4 is 5.97 Å². The minimum Gasteiger partial charge on any atom is -0.462 e. The van der Waals surface area contributed by atoms with Gasteiger partial charge in [0, 0.05) is 0 Å². The van der Waals surface area contributed by atoms with Crippen LogP contribution in [0.2, 0.25) is 0 Å². The fourth-order valence-corrected chi connectivity index (χ4v) is 1.74. The maximum Gasteiger partial charge on any atom is 0.338 e. The predicted octanol–water partition coefficient (Wildman–Crippen LogP) is 3.37. The molecule has 0 aromatic heterocycles. The standard InChI is InChI=1S/C14H20O2/c1-5-16-14(15)13-7-6-11(4)9-12(13)8-10(2)3/h6-7,9-10H,5,8H2,1-4H3. The Labute approximate surface area is 97.6 Å². The molecule has 0 atom stereocenters. The molecular formula is C14H20O2. The zero-order chi connectivity index (χ0) is 12.1. The summed E-state index contributed by atoms with van der Waals surface area (Å²) in [6.45, 7) is 8.59. The number of aryl methyl sites for hydroxylation is 1. The summed E-state index contributed by atoms with van der Waals surface area (Å²) in [7, 11) is 0. The molecule has 2 nitrogen and oxygen atoms in total. The van der Waals surface area contributed by atoms with E-state index in [1.54, 1.807) is 0 Å². The molecule has 0 aliphatic heterocycles. The summed E-state index contributed by atoms with van der Waals surface area (Å²) in [6.07, 6.45) is 0.913. The van der Waals surface area contributed by atoms with Crippen molar-refractivity contribution in [2.75, 3.05) is 6.61 Å². The van der Waals surface area contributed by atoms with Crippen molar-refractivity contribution in [1.82, 2.24) is 0 Å². The Morgan fingerprint density at radius 1 is 1.38 bits per heavy atom. The van der Waals surface area contributed by atoms with Gasteiger partial charge in [0.1, 0.15) is 0 Å². The highest BCUT2D eigenvalue weighted by Crippen LogP contribution is 2.17. The monoisotopic (exact) mass is 220 g/mol. The number of hydrogen-bond donors (Lipinski definition) is 0. The summed E-state index contributed by atoms with van der Waals surface area (Å²) >= 11 is 0. The lowest BCUT2D eigenvalue weighted by Gasteiger charge is -2.11. The predicted molar refractivity (Wildman–Crippen MR) is 65.7 cm³/mol. The molecule has 1 rings (SSSR count). The van der Waals surface area contributed by atoms with Gasteiger partial charge in [-0.3, -0.25) is 0 Å². The number of hydrogen-bond acceptors (Lipinski definition) is 2. The van der Waals surface area contributed by atoms with Gasteiger partial charge in [-0.25, -0.2) is 4.79 Å². The first-order valence-corrected chi connectivity index (χ1v) is 5.81. The summed E-state index contributed by atoms with van der Waals surface area (Å²) in [5, 5.41) is 0. The number of carbonyl (C=O) groups is 1. The van der Waals surface area contributed by atoms with Crippen LogP contribution in [0.1, 0.15) is 42.3 Å². The second-order valence-corrected chi connectivity index (χ2v) is 4.48. The first-order chi connectivity index (χ1) is 7.54. The topological polar surface area (TPSA) is 26.3 Å². The number of benzene rings is 1. The molecule has 0 aliphatic carbocycles. The SMILES string of the molecule is CCOC(=O)c1ccc(C)cc1CC(C)C. The van der Waals surface area contributed by atoms with Crippen LogP contribution in [0.5, 0.6) is 0 Å². The highest BCUT2D eigenvalue weighted by molar-refractivity contribution is 5.91. The lowest BCUT2D eigenvalue weighted by molar-refractivity contribution is 0.0525. The van der Waals surface area contributed by atoms with Crippen molar-refractivity contribution in [2.24, 2.45) is 5.92 Å². The molecule has 0 N–H and O–H groups in total. The lowest BCUT2D eigenvalue weighted by atomic mass is 9.96. The van der Waals surface area contributed by atoms with E-state index in [9.17, 15) is 4.79 Å². The van der Waals surface area contributed by atoms with E-state index in [0.717, 1.165) is 12.0 Å². The van der Waals surface area contributed by atoms with Crippen LogP contribution < -0.4 is 0 Å². The summed E-state index contributed by atoms with van der Waals surface area (Å²) in [5.41, 5.74) is 2.98. The quantitative estimate of drug-likeness (QED) is 0.727. The molecule has 1 aromatic rings. The van der Waals surface area contributed by atoms with Gasteiger partial charge in [0.2, 0.25) is 0 Å². The molecule has 1 aromatic carbocycles. The first-order valence-electron chi connectivity index (χ1n) is 5.81. The van der Waals surface area contributed by atoms with Crippen molar-refractivity contribution in [3.8, 4) is 0 Å². The third-order valence-electron chi connectivity index (χ3n) is 2.38. The maximum atomic E-state index is 11.7. The molecule has 0 bridgehead atoms. The van der Waals surface area contributed by atoms with E-state index in [2.05, 4.69) is 19.9 Å². The molecule has 0 amide bonds. The molecule has 0 radical (unpaired) electrons. The van der Waals surface area contributed by atoms with Gasteiger partial charge in [-0.2, -0.15) is 0 Å². The second kappa shape index (κ2) is 5.69. The molecule has 0 heterocycles. The Morgan fingerprint density at radius 3 is 2.62 bits per heavy atom. The van der Waals surface area contributed by atoms with E-state index in [1.165, 1.54) is 5.56 Å². The number of ether oxygens (including phenoxy) is 1. The van der Waals surface area contributed by atoms with Crippen molar-refractivity contribution in [1.29, 1.82) is 0 Å². The average molecular weight is 220 g/mol. The Bertz CT molecular complexity index is 367. The van der Waals surface area contributed by atoms with Gasteiger partial charge in [-0.15, -0.1) is 0 Å². The summed E-state index contributed by atoms with van der Waals surface area (Å²) < 4.78 is 5.05. The summed E-state index contributed by atoms with van der Waals surface area (Å²) in [5.74, 6) is 0.327. The lowest BCUT2D eigenvalue weighted by Crippen LogP contribution is -2.10. The Morgan fingerprint density at radius 2 is 2.06 bits per heavy atom. The van der Waals surface area contributed by atoms with Crippen molar-refractivity contribution in [3.63, 3.8) is 0 Å². The third kappa shape index (κ3) is 3.37. The Balaban J connectivity index is 3.02. The number of esters is 1. The minimum atomic E-state index is -0.210. The Hall–Kier alpha value is -1.31. The third-order valence-corrected chi connectivity index (χ3v) is 2.38. The largest absolute Gasteiger partial charge is 0.462 e. The van der Waals surface area contributed by atoms with Crippen LogP contribution in [0.25, 0.3) is 0 Å². The number of rotatable bonds is 4. The van der Waals surface area contributed by atoms with Crippen LogP contribution >= 0.6 is 0 Å². The molecule has 0 fully saturated rings. The van der Waals surface area contributed by atoms with Crippen molar-refractivity contribution in [3.05, 3.63) is 34.9 Å². The minimum absolute atomic E-state index is 0.210. The van der Waals surface area contributed by atoms with E-state index in [0.29, 0.717) is 18.1 Å². The van der Waals surface area contributed by atoms with Gasteiger partial charge in [-0.05, 0) is 37.8 Å². The molecule has 88 valence electrons. The average Bonchev–Trinajstić information content (AvgIpc) is 2.16. The van der Waals surface area contributed by atoms with Crippen LogP contribution in [0.4, 0.5) is 0 Å². The Kier molecular flexibility index (Phi) is 4.53. The van der Waals surface area contributed by atoms with E-state index < -0.39 is 0 Å². The van der Waals surface area contributed by atoms with Gasteiger partial charge in [0.15, 0.2) is 0 Å². The zero-order valence-electron chi connectivity index (χ0n) is 10.5. The van der Waals surface area contributed by atoms with Crippen LogP contribution in [0, 0.1) is 12.8 Å². The fourth-order valence-electron chi connectivity index (χ4n) is 1.74. The van der Waals surface area contributed by atoms with E-state index in [-0.39, 0.29) is 5.97 Å². The van der Waals surface area contributed by atoms with Gasteiger partial charge < -0.3 is 4.74 Å². The number of carbonyl (C=O) groups excluding carboxylic acids is 1. The zero-order valence-corrected chi connectivity index (χ0v) is 10.5. The van der Waals surface area contributed by atoms with Crippen LogP contribution in [0.15, 0.2) is 18.2 Å². The summed E-state index contributed by atoms with van der Waals surface area (Å²) in [4.78, 5) is 11.7. The molecule has 0 aliphatic rings. The molecule has 0 unspecified atom stereocenters. The van der Waals surface area contributed by atoms with E-state index in [4.69, 9.17) is 4.74 Å². The smallest absolute Gasteiger partial charge is 0.338 e. The van der Waals surface area contributed by atoms with Crippen LogP contribution in [0.3, 0.4) is 0 Å². The first kappa shape index (κ1) is 12.8. The highest BCUT2D eigenvalue weighted by atomic mass is 16.5. The summed E-state index contributed by atoms with van der Waals surface area (Å²) in [6, 6.07) is 5.90. The molecule has 0 spiro atoms. The second-order valence-electron chi connectivity index (χ2n) is 4.48. The van der Waals surface area contributed by atoms with Gasteiger partial charge in [0.05, 0.1) is 12.2 Å². The van der Waals surface area contributed by atoms with Crippen LogP contribution in [-0.2, 0) is 11.2 Å². The normalized spacial score (nSPS) is 10.6. The molecule has 0 saturated heterocycles. The van der Waals surface area contributed by atoms with Gasteiger partial charge >= 0.3 is 5.97 Å². The molecule has 0 saturated carbocycles. The highest BCUT2D eigenvalue weighted by Gasteiger charge is 2.13. The fraction of sp³-hybridized carbons (Fsp3) is 0.500. The van der Waals surface area contributed by atoms with Gasteiger partial charge in [-0.1, -0.05) is 31.5 Å².